The van der Waals surface area contributed by atoms with Crippen LogP contribution in [0.3, 0.4) is 0 Å². The monoisotopic (exact) mass is 277 g/mol. The maximum absolute atomic E-state index is 12.4. The minimum atomic E-state index is -1.06. The molecule has 0 radical (unpaired) electrons. The van der Waals surface area contributed by atoms with Gasteiger partial charge in [-0.15, -0.1) is 0 Å². The minimum absolute atomic E-state index is 0.496. The second-order valence-corrected chi connectivity index (χ2v) is 5.98. The van der Waals surface area contributed by atoms with Crippen LogP contribution in [-0.4, -0.2) is 14.1 Å². The number of nitrogens with two attached hydrogens (primary N) is 1. The highest BCUT2D eigenvalue weighted by molar-refractivity contribution is 7.90. The van der Waals surface area contributed by atoms with E-state index >= 15 is 0 Å². The molecule has 19 heavy (non-hydrogen) atoms. The van der Waals surface area contributed by atoms with E-state index in [1.54, 1.807) is 12.1 Å². The normalized spacial score (nSPS) is 12.6. The Bertz CT molecular complexity index is 536. The van der Waals surface area contributed by atoms with Gasteiger partial charge in [0.25, 0.3) is 0 Å². The molecule has 2 aromatic rings. The second-order valence-electron chi connectivity index (χ2n) is 4.53. The molecule has 5 heteroatoms. The average Bonchev–Trinajstić information content (AvgIpc) is 2.73. The molecule has 102 valence electrons. The van der Waals surface area contributed by atoms with Gasteiger partial charge < -0.3 is 14.9 Å². The third kappa shape index (κ3) is 3.30. The molecule has 1 atom stereocenters. The molecule has 2 N–H and O–H groups in total. The van der Waals surface area contributed by atoms with Gasteiger partial charge in [0.1, 0.15) is 0 Å². The van der Waals surface area contributed by atoms with Gasteiger partial charge in [-0.3, -0.25) is 0 Å². The van der Waals surface area contributed by atoms with Crippen molar-refractivity contribution in [2.45, 2.75) is 37.5 Å². The summed E-state index contributed by atoms with van der Waals surface area (Å²) in [5.41, 5.74) is 8.33. The van der Waals surface area contributed by atoms with Gasteiger partial charge in [-0.2, -0.15) is 0 Å². The van der Waals surface area contributed by atoms with Crippen LogP contribution in [0.2, 0.25) is 0 Å². The van der Waals surface area contributed by atoms with Crippen LogP contribution in [0.25, 0.3) is 0 Å². The molecule has 1 aromatic heterocycles. The molecule has 0 saturated carbocycles. The molecular weight excluding hydrogens is 258 g/mol. The van der Waals surface area contributed by atoms with Crippen LogP contribution in [0, 0.1) is 6.92 Å². The number of anilines is 1. The zero-order valence-electron chi connectivity index (χ0n) is 11.3. The van der Waals surface area contributed by atoms with E-state index in [-0.39, 0.29) is 0 Å². The molecule has 2 rings (SSSR count). The van der Waals surface area contributed by atoms with E-state index in [0.717, 1.165) is 29.2 Å². The summed E-state index contributed by atoms with van der Waals surface area (Å²) in [5.74, 6) is 0.496. The molecule has 0 spiro atoms. The minimum Gasteiger partial charge on any atom is -0.611 e. The lowest BCUT2D eigenvalue weighted by Gasteiger charge is -2.13. The lowest BCUT2D eigenvalue weighted by Crippen LogP contribution is -2.11. The molecule has 1 aromatic carbocycles. The van der Waals surface area contributed by atoms with Gasteiger partial charge in [-0.1, -0.05) is 6.92 Å². The van der Waals surface area contributed by atoms with Crippen molar-refractivity contribution in [1.29, 1.82) is 0 Å². The first-order valence-corrected chi connectivity index (χ1v) is 7.68. The fourth-order valence-electron chi connectivity index (χ4n) is 1.96. The van der Waals surface area contributed by atoms with Gasteiger partial charge in [0.2, 0.25) is 0 Å². The predicted molar refractivity (Wildman–Crippen MR) is 78.2 cm³/mol. The second kappa shape index (κ2) is 6.12. The molecule has 0 aliphatic carbocycles. The maximum atomic E-state index is 12.4. The van der Waals surface area contributed by atoms with Crippen LogP contribution >= 0.6 is 0 Å². The highest BCUT2D eigenvalue weighted by atomic mass is 32.2. The van der Waals surface area contributed by atoms with Crippen molar-refractivity contribution >= 4 is 16.9 Å². The Labute approximate surface area is 116 Å². The van der Waals surface area contributed by atoms with Crippen LogP contribution in [0.4, 0.5) is 5.69 Å². The number of nitrogens with zero attached hydrogens (tertiary/aromatic N) is 2. The van der Waals surface area contributed by atoms with Crippen molar-refractivity contribution < 1.29 is 4.55 Å². The Morgan fingerprint density at radius 1 is 1.32 bits per heavy atom. The quantitative estimate of drug-likeness (QED) is 0.674. The van der Waals surface area contributed by atoms with Gasteiger partial charge in [-0.05, 0) is 48.8 Å². The topological polar surface area (TPSA) is 66.9 Å². The Balaban J connectivity index is 2.16. The summed E-state index contributed by atoms with van der Waals surface area (Å²) < 4.78 is 14.4. The van der Waals surface area contributed by atoms with Crippen molar-refractivity contribution in [1.82, 2.24) is 9.55 Å². The van der Waals surface area contributed by atoms with Gasteiger partial charge in [0.05, 0.1) is 17.7 Å². The summed E-state index contributed by atoms with van der Waals surface area (Å²) in [6.45, 7) is 4.99. The number of hydrogen-bond donors (Lipinski definition) is 1. The maximum Gasteiger partial charge on any atom is 0.153 e. The molecular formula is C14H19N3OS. The van der Waals surface area contributed by atoms with E-state index in [1.807, 2.05) is 25.4 Å². The Morgan fingerprint density at radius 2 is 2.00 bits per heavy atom. The summed E-state index contributed by atoms with van der Waals surface area (Å²) in [5, 5.41) is 0. The first-order valence-electron chi connectivity index (χ1n) is 6.36. The summed E-state index contributed by atoms with van der Waals surface area (Å²) in [6, 6.07) is 7.20. The van der Waals surface area contributed by atoms with E-state index in [9.17, 15) is 4.55 Å². The number of imidazole rings is 1. The SMILES string of the molecule is CCCn1cnc(C)c1C[S@@+]([O-])c1ccc(N)cc1. The van der Waals surface area contributed by atoms with Crippen molar-refractivity contribution in [3.8, 4) is 0 Å². The molecule has 0 unspecified atom stereocenters. The fourth-order valence-corrected chi connectivity index (χ4v) is 3.19. The summed E-state index contributed by atoms with van der Waals surface area (Å²) in [7, 11) is 0. The zero-order valence-corrected chi connectivity index (χ0v) is 12.1. The number of aryl methyl sites for hydroxylation is 2. The molecule has 0 aliphatic heterocycles. The average molecular weight is 277 g/mol. The first-order chi connectivity index (χ1) is 9.11. The van der Waals surface area contributed by atoms with Gasteiger partial charge in [-0.25, -0.2) is 4.98 Å². The molecule has 0 aliphatic rings. The lowest BCUT2D eigenvalue weighted by molar-refractivity contribution is 0.588. The Kier molecular flexibility index (Phi) is 4.50. The molecule has 4 nitrogen and oxygen atoms in total. The zero-order chi connectivity index (χ0) is 13.8. The largest absolute Gasteiger partial charge is 0.611 e. The molecule has 0 amide bonds. The van der Waals surface area contributed by atoms with E-state index in [1.165, 1.54) is 0 Å². The predicted octanol–water partition coefficient (Wildman–Crippen LogP) is 2.49. The number of benzene rings is 1. The first kappa shape index (κ1) is 14.0. The van der Waals surface area contributed by atoms with Crippen LogP contribution in [0.15, 0.2) is 35.5 Å². The molecule has 0 saturated heterocycles. The van der Waals surface area contributed by atoms with Crippen molar-refractivity contribution in [3.05, 3.63) is 42.0 Å². The van der Waals surface area contributed by atoms with Crippen LogP contribution in [0.5, 0.6) is 0 Å². The highest BCUT2D eigenvalue weighted by Crippen LogP contribution is 2.19. The van der Waals surface area contributed by atoms with Crippen LogP contribution < -0.4 is 5.73 Å². The molecule has 1 heterocycles. The number of rotatable bonds is 5. The Morgan fingerprint density at radius 3 is 2.63 bits per heavy atom. The van der Waals surface area contributed by atoms with Crippen LogP contribution in [0.1, 0.15) is 24.7 Å². The third-order valence-corrected chi connectivity index (χ3v) is 4.36. The Hall–Kier alpha value is -1.46. The number of aromatic nitrogens is 2. The summed E-state index contributed by atoms with van der Waals surface area (Å²) in [6.07, 6.45) is 2.87. The van der Waals surface area contributed by atoms with Crippen LogP contribution in [-0.2, 0) is 23.5 Å². The molecule has 0 bridgehead atoms. The van der Waals surface area contributed by atoms with Crippen molar-refractivity contribution in [3.63, 3.8) is 0 Å². The van der Waals surface area contributed by atoms with E-state index in [2.05, 4.69) is 16.5 Å². The van der Waals surface area contributed by atoms with Gasteiger partial charge in [0, 0.05) is 12.2 Å². The van der Waals surface area contributed by atoms with E-state index in [4.69, 9.17) is 5.73 Å². The summed E-state index contributed by atoms with van der Waals surface area (Å²) in [4.78, 5) is 5.11. The van der Waals surface area contributed by atoms with Crippen molar-refractivity contribution in [2.24, 2.45) is 0 Å². The summed E-state index contributed by atoms with van der Waals surface area (Å²) >= 11 is -1.06. The smallest absolute Gasteiger partial charge is 0.153 e. The number of nitrogen functional groups attached to an aromatic ring is 1. The van der Waals surface area contributed by atoms with E-state index in [0.29, 0.717) is 11.4 Å². The fraction of sp³-hybridized carbons (Fsp3) is 0.357. The lowest BCUT2D eigenvalue weighted by atomic mass is 10.3. The van der Waals surface area contributed by atoms with Gasteiger partial charge >= 0.3 is 0 Å². The van der Waals surface area contributed by atoms with Gasteiger partial charge in [0.15, 0.2) is 10.6 Å². The third-order valence-electron chi connectivity index (χ3n) is 3.03. The standard InChI is InChI=1S/C14H19N3OS/c1-3-8-17-10-16-11(2)14(17)9-19(18)13-6-4-12(15)5-7-13/h4-7,10H,3,8-9,15H2,1-2H3/t19-/m1/s1. The van der Waals surface area contributed by atoms with E-state index < -0.39 is 11.2 Å². The highest BCUT2D eigenvalue weighted by Gasteiger charge is 2.17. The molecule has 0 fully saturated rings. The number of hydrogen-bond acceptors (Lipinski definition) is 3. The van der Waals surface area contributed by atoms with Crippen molar-refractivity contribution in [2.75, 3.05) is 5.73 Å².